The molecule has 0 radical (unpaired) electrons. The average molecular weight is 333 g/mol. The van der Waals surface area contributed by atoms with Crippen LogP contribution in [0, 0.1) is 0 Å². The van der Waals surface area contributed by atoms with Gasteiger partial charge in [-0.15, -0.1) is 0 Å². The number of fused-ring (bicyclic) bond motifs is 1. The molecule has 0 aromatic heterocycles. The van der Waals surface area contributed by atoms with Gasteiger partial charge in [-0.2, -0.15) is 8.42 Å². The van der Waals surface area contributed by atoms with Crippen LogP contribution in [0.3, 0.4) is 0 Å². The van der Waals surface area contributed by atoms with E-state index < -0.39 is 10.4 Å². The van der Waals surface area contributed by atoms with Gasteiger partial charge in [-0.1, -0.05) is 6.07 Å². The van der Waals surface area contributed by atoms with E-state index in [2.05, 4.69) is 4.99 Å². The van der Waals surface area contributed by atoms with Crippen molar-refractivity contribution < 1.29 is 27.0 Å². The molecular formula is C12H19N3O6S. The molecule has 0 amide bonds. The van der Waals surface area contributed by atoms with Crippen LogP contribution >= 0.6 is 0 Å². The standard InChI is InChI=1S/C12H17N3O2.H2O4S/c13-12(14)15-5-4-9-2-3-10-11(8-9)17-7-1-6-16-10;1-5(2,3)4/h2-3,8H,1,4-7H2,(H4,13,14,15);(H2,1,2,3,4). The fourth-order valence-corrected chi connectivity index (χ4v) is 1.68. The van der Waals surface area contributed by atoms with Crippen LogP contribution in [0.4, 0.5) is 0 Å². The van der Waals surface area contributed by atoms with Crippen LogP contribution in [0.15, 0.2) is 23.2 Å². The molecule has 2 rings (SSSR count). The molecule has 0 atom stereocenters. The number of nitrogens with two attached hydrogens (primary N) is 2. The minimum absolute atomic E-state index is 0.124. The molecule has 0 unspecified atom stereocenters. The monoisotopic (exact) mass is 333 g/mol. The molecule has 1 aliphatic rings. The summed E-state index contributed by atoms with van der Waals surface area (Å²) in [6, 6.07) is 5.93. The van der Waals surface area contributed by atoms with Gasteiger partial charge in [0.1, 0.15) is 0 Å². The van der Waals surface area contributed by atoms with Gasteiger partial charge >= 0.3 is 10.4 Å². The topological polar surface area (TPSA) is 157 Å². The Morgan fingerprint density at radius 1 is 1.18 bits per heavy atom. The van der Waals surface area contributed by atoms with Crippen LogP contribution in [-0.4, -0.2) is 43.2 Å². The zero-order valence-corrected chi connectivity index (χ0v) is 12.6. The second-order valence-corrected chi connectivity index (χ2v) is 5.23. The number of ether oxygens (including phenoxy) is 2. The first-order valence-electron chi connectivity index (χ1n) is 6.39. The largest absolute Gasteiger partial charge is 0.490 e. The number of guanidine groups is 1. The van der Waals surface area contributed by atoms with E-state index in [-0.39, 0.29) is 5.96 Å². The Morgan fingerprint density at radius 2 is 1.77 bits per heavy atom. The summed E-state index contributed by atoms with van der Waals surface area (Å²) >= 11 is 0. The van der Waals surface area contributed by atoms with Gasteiger partial charge in [-0.3, -0.25) is 14.1 Å². The lowest BCUT2D eigenvalue weighted by atomic mass is 10.1. The van der Waals surface area contributed by atoms with Gasteiger partial charge in [0.25, 0.3) is 0 Å². The number of benzene rings is 1. The van der Waals surface area contributed by atoms with Crippen LogP contribution in [0.2, 0.25) is 0 Å². The number of nitrogens with zero attached hydrogens (tertiary/aromatic N) is 1. The fraction of sp³-hybridized carbons (Fsp3) is 0.417. The molecule has 0 bridgehead atoms. The fourth-order valence-electron chi connectivity index (χ4n) is 1.68. The smallest absolute Gasteiger partial charge is 0.394 e. The Hall–Kier alpha value is -2.04. The molecule has 1 aliphatic heterocycles. The second kappa shape index (κ2) is 8.41. The predicted octanol–water partition coefficient (Wildman–Crippen LogP) is 0.0110. The molecule has 9 nitrogen and oxygen atoms in total. The normalized spacial score (nSPS) is 13.4. The van der Waals surface area contributed by atoms with Gasteiger partial charge in [0, 0.05) is 13.0 Å². The molecule has 0 aliphatic carbocycles. The van der Waals surface area contributed by atoms with Crippen molar-refractivity contribution in [2.24, 2.45) is 16.5 Å². The molecule has 0 fully saturated rings. The number of aliphatic imine (C=N–C) groups is 1. The van der Waals surface area contributed by atoms with Crippen molar-refractivity contribution in [3.63, 3.8) is 0 Å². The highest BCUT2D eigenvalue weighted by Gasteiger charge is 2.10. The van der Waals surface area contributed by atoms with Crippen molar-refractivity contribution in [1.82, 2.24) is 0 Å². The lowest BCUT2D eigenvalue weighted by molar-refractivity contribution is 0.297. The molecule has 0 saturated heterocycles. The first-order valence-corrected chi connectivity index (χ1v) is 7.79. The van der Waals surface area contributed by atoms with Crippen LogP contribution in [0.5, 0.6) is 11.5 Å². The first-order chi connectivity index (χ1) is 10.3. The average Bonchev–Trinajstić information content (AvgIpc) is 2.61. The van der Waals surface area contributed by atoms with Crippen molar-refractivity contribution in [1.29, 1.82) is 0 Å². The lowest BCUT2D eigenvalue weighted by Gasteiger charge is -2.08. The third-order valence-electron chi connectivity index (χ3n) is 2.51. The van der Waals surface area contributed by atoms with E-state index in [1.54, 1.807) is 0 Å². The predicted molar refractivity (Wildman–Crippen MR) is 80.6 cm³/mol. The Kier molecular flexibility index (Phi) is 6.89. The first kappa shape index (κ1) is 18.0. The van der Waals surface area contributed by atoms with Gasteiger partial charge in [-0.05, 0) is 24.1 Å². The van der Waals surface area contributed by atoms with E-state index in [0.29, 0.717) is 19.8 Å². The zero-order valence-electron chi connectivity index (χ0n) is 11.8. The Labute approximate surface area is 128 Å². The third kappa shape index (κ3) is 8.29. The number of hydrogen-bond acceptors (Lipinski definition) is 5. The molecule has 0 spiro atoms. The van der Waals surface area contributed by atoms with Gasteiger partial charge in [-0.25, -0.2) is 0 Å². The van der Waals surface area contributed by atoms with Gasteiger partial charge in [0.15, 0.2) is 17.5 Å². The maximum Gasteiger partial charge on any atom is 0.394 e. The SMILES string of the molecule is NC(N)=NCCc1ccc2c(c1)OCCCO2.O=S(=O)(O)O. The van der Waals surface area contributed by atoms with E-state index in [0.717, 1.165) is 29.9 Å². The van der Waals surface area contributed by atoms with E-state index in [4.69, 9.17) is 38.5 Å². The molecule has 1 aromatic rings. The van der Waals surface area contributed by atoms with Crippen LogP contribution in [-0.2, 0) is 16.8 Å². The summed E-state index contributed by atoms with van der Waals surface area (Å²) in [6.45, 7) is 1.99. The summed E-state index contributed by atoms with van der Waals surface area (Å²) in [4.78, 5) is 3.95. The zero-order chi connectivity index (χ0) is 16.6. The minimum Gasteiger partial charge on any atom is -0.490 e. The van der Waals surface area contributed by atoms with Crippen molar-refractivity contribution in [2.75, 3.05) is 19.8 Å². The second-order valence-electron chi connectivity index (χ2n) is 4.34. The van der Waals surface area contributed by atoms with Gasteiger partial charge < -0.3 is 20.9 Å². The lowest BCUT2D eigenvalue weighted by Crippen LogP contribution is -2.23. The summed E-state index contributed by atoms with van der Waals surface area (Å²) in [7, 11) is -4.67. The minimum atomic E-state index is -4.67. The van der Waals surface area contributed by atoms with Gasteiger partial charge in [0.2, 0.25) is 0 Å². The third-order valence-corrected chi connectivity index (χ3v) is 2.51. The maximum absolute atomic E-state index is 8.74. The summed E-state index contributed by atoms with van der Waals surface area (Å²) < 4.78 is 42.7. The highest BCUT2D eigenvalue weighted by molar-refractivity contribution is 7.79. The van der Waals surface area contributed by atoms with Crippen LogP contribution in [0.25, 0.3) is 0 Å². The van der Waals surface area contributed by atoms with Crippen molar-refractivity contribution in [2.45, 2.75) is 12.8 Å². The summed E-state index contributed by atoms with van der Waals surface area (Å²) in [5.74, 6) is 1.75. The van der Waals surface area contributed by atoms with Gasteiger partial charge in [0.05, 0.1) is 13.2 Å². The Morgan fingerprint density at radius 3 is 2.36 bits per heavy atom. The van der Waals surface area contributed by atoms with Crippen LogP contribution < -0.4 is 20.9 Å². The van der Waals surface area contributed by atoms with Crippen LogP contribution in [0.1, 0.15) is 12.0 Å². The summed E-state index contributed by atoms with van der Waals surface area (Å²) in [5, 5.41) is 0. The summed E-state index contributed by atoms with van der Waals surface area (Å²) in [6.07, 6.45) is 1.70. The van der Waals surface area contributed by atoms with Crippen molar-refractivity contribution in [3.05, 3.63) is 23.8 Å². The van der Waals surface area contributed by atoms with Crippen molar-refractivity contribution in [3.8, 4) is 11.5 Å². The molecule has 0 saturated carbocycles. The Balaban J connectivity index is 0.000000422. The Bertz CT molecular complexity index is 605. The van der Waals surface area contributed by atoms with Crippen molar-refractivity contribution >= 4 is 16.4 Å². The molecule has 6 N–H and O–H groups in total. The molecule has 22 heavy (non-hydrogen) atoms. The number of rotatable bonds is 3. The van der Waals surface area contributed by atoms with E-state index in [1.165, 1.54) is 0 Å². The molecule has 124 valence electrons. The van der Waals surface area contributed by atoms with E-state index >= 15 is 0 Å². The molecular weight excluding hydrogens is 314 g/mol. The maximum atomic E-state index is 8.74. The summed E-state index contributed by atoms with van der Waals surface area (Å²) in [5.41, 5.74) is 11.7. The van der Waals surface area contributed by atoms with E-state index in [9.17, 15) is 0 Å². The molecule has 1 aromatic carbocycles. The molecule has 10 heteroatoms. The highest BCUT2D eigenvalue weighted by atomic mass is 32.3. The highest BCUT2D eigenvalue weighted by Crippen LogP contribution is 2.30. The van der Waals surface area contributed by atoms with E-state index in [1.807, 2.05) is 18.2 Å². The quantitative estimate of drug-likeness (QED) is 0.342. The molecule has 1 heterocycles. The number of hydrogen-bond donors (Lipinski definition) is 4.